The van der Waals surface area contributed by atoms with Crippen LogP contribution in [0.15, 0.2) is 0 Å². The van der Waals surface area contributed by atoms with Gasteiger partial charge in [-0.3, -0.25) is 5.32 Å². The van der Waals surface area contributed by atoms with Crippen molar-refractivity contribution in [1.29, 1.82) is 0 Å². The fourth-order valence-electron chi connectivity index (χ4n) is 0.558. The molecule has 0 aliphatic heterocycles. The third-order valence-electron chi connectivity index (χ3n) is 1.34. The Labute approximate surface area is 76.3 Å². The molecule has 0 aliphatic carbocycles. The van der Waals surface area contributed by atoms with Crippen LogP contribution in [0, 0.1) is 0 Å². The topological polar surface area (TPSA) is 52.5 Å². The van der Waals surface area contributed by atoms with E-state index in [9.17, 15) is 0 Å². The van der Waals surface area contributed by atoms with Crippen molar-refractivity contribution in [3.8, 4) is 0 Å². The number of aliphatic hydroxyl groups excluding tert-OH is 2. The van der Waals surface area contributed by atoms with E-state index < -0.39 is 11.0 Å². The van der Waals surface area contributed by atoms with Crippen LogP contribution in [0.2, 0.25) is 0 Å². The Kier molecular flexibility index (Phi) is 5.38. The van der Waals surface area contributed by atoms with Gasteiger partial charge < -0.3 is 10.2 Å². The lowest BCUT2D eigenvalue weighted by atomic mass is 10.1. The zero-order valence-corrected chi connectivity index (χ0v) is 7.86. The van der Waals surface area contributed by atoms with Gasteiger partial charge in [0.15, 0.2) is 0 Å². The number of aliphatic hydroxyl groups is 2. The molecule has 0 saturated carbocycles. The van der Waals surface area contributed by atoms with Crippen LogP contribution in [-0.4, -0.2) is 40.3 Å². The molecule has 0 heterocycles. The van der Waals surface area contributed by atoms with Crippen LogP contribution in [0.5, 0.6) is 0 Å². The third-order valence-corrected chi connectivity index (χ3v) is 2.07. The van der Waals surface area contributed by atoms with Crippen LogP contribution in [-0.2, 0) is 0 Å². The lowest BCUT2D eigenvalue weighted by molar-refractivity contribution is 0.103. The number of rotatable bonds is 5. The largest absolute Gasteiger partial charge is 0.394 e. The SMILES string of the molecule is CC(CO)(CO)NC(Cl)CCl. The Morgan fingerprint density at radius 1 is 1.45 bits per heavy atom. The lowest BCUT2D eigenvalue weighted by Crippen LogP contribution is -2.52. The normalized spacial score (nSPS) is 15.0. The van der Waals surface area contributed by atoms with Gasteiger partial charge in [-0.15, -0.1) is 23.2 Å². The van der Waals surface area contributed by atoms with E-state index in [1.165, 1.54) is 0 Å². The van der Waals surface area contributed by atoms with Crippen molar-refractivity contribution in [2.24, 2.45) is 0 Å². The summed E-state index contributed by atoms with van der Waals surface area (Å²) in [4.78, 5) is 0. The van der Waals surface area contributed by atoms with Gasteiger partial charge in [-0.25, -0.2) is 0 Å². The first-order valence-electron chi connectivity index (χ1n) is 3.27. The summed E-state index contributed by atoms with van der Waals surface area (Å²) in [5.74, 6) is 0.233. The Balaban J connectivity index is 3.86. The first-order valence-corrected chi connectivity index (χ1v) is 4.24. The average molecular weight is 202 g/mol. The number of hydrogen-bond acceptors (Lipinski definition) is 3. The highest BCUT2D eigenvalue weighted by Gasteiger charge is 2.24. The van der Waals surface area contributed by atoms with Gasteiger partial charge in [-0.05, 0) is 6.92 Å². The molecule has 0 aromatic rings. The maximum Gasteiger partial charge on any atom is 0.0967 e. The number of hydrogen-bond donors (Lipinski definition) is 3. The van der Waals surface area contributed by atoms with Gasteiger partial charge >= 0.3 is 0 Å². The second kappa shape index (κ2) is 5.17. The Bertz CT molecular complexity index is 109. The van der Waals surface area contributed by atoms with Gasteiger partial charge in [0, 0.05) is 0 Å². The van der Waals surface area contributed by atoms with E-state index in [-0.39, 0.29) is 19.1 Å². The molecule has 3 N–H and O–H groups in total. The Morgan fingerprint density at radius 3 is 2.18 bits per heavy atom. The lowest BCUT2D eigenvalue weighted by Gasteiger charge is -2.28. The van der Waals surface area contributed by atoms with Crippen molar-refractivity contribution in [3.05, 3.63) is 0 Å². The highest BCUT2D eigenvalue weighted by molar-refractivity contribution is 6.27. The molecule has 3 nitrogen and oxygen atoms in total. The second-order valence-electron chi connectivity index (χ2n) is 2.64. The second-order valence-corrected chi connectivity index (χ2v) is 3.48. The third kappa shape index (κ3) is 4.13. The van der Waals surface area contributed by atoms with E-state index >= 15 is 0 Å². The summed E-state index contributed by atoms with van der Waals surface area (Å²) in [5.41, 5.74) is -1.18. The maximum absolute atomic E-state index is 8.81. The Hall–Kier alpha value is 0.460. The zero-order chi connectivity index (χ0) is 8.91. The van der Waals surface area contributed by atoms with E-state index in [1.807, 2.05) is 0 Å². The van der Waals surface area contributed by atoms with Crippen molar-refractivity contribution < 1.29 is 10.2 Å². The van der Waals surface area contributed by atoms with Crippen LogP contribution in [0.4, 0.5) is 0 Å². The van der Waals surface area contributed by atoms with E-state index in [0.29, 0.717) is 0 Å². The van der Waals surface area contributed by atoms with Crippen molar-refractivity contribution in [3.63, 3.8) is 0 Å². The van der Waals surface area contributed by atoms with Crippen molar-refractivity contribution in [2.75, 3.05) is 19.1 Å². The molecule has 0 fully saturated rings. The van der Waals surface area contributed by atoms with Crippen LogP contribution in [0.3, 0.4) is 0 Å². The predicted molar refractivity (Wildman–Crippen MR) is 46.1 cm³/mol. The molecule has 0 bridgehead atoms. The molecule has 0 amide bonds. The number of nitrogens with one attached hydrogen (secondary N) is 1. The summed E-state index contributed by atoms with van der Waals surface area (Å²) in [7, 11) is 0. The Morgan fingerprint density at radius 2 is 1.91 bits per heavy atom. The fourth-order valence-corrected chi connectivity index (χ4v) is 0.899. The first-order chi connectivity index (χ1) is 5.08. The first kappa shape index (κ1) is 11.5. The molecular weight excluding hydrogens is 189 g/mol. The fraction of sp³-hybridized carbons (Fsp3) is 1.00. The number of halogens is 2. The van der Waals surface area contributed by atoms with Crippen LogP contribution in [0.25, 0.3) is 0 Å². The van der Waals surface area contributed by atoms with Crippen LogP contribution < -0.4 is 5.32 Å². The van der Waals surface area contributed by atoms with Gasteiger partial charge in [0.2, 0.25) is 0 Å². The van der Waals surface area contributed by atoms with Gasteiger partial charge in [0.1, 0.15) is 0 Å². The molecule has 68 valence electrons. The van der Waals surface area contributed by atoms with E-state index in [1.54, 1.807) is 6.92 Å². The summed E-state index contributed by atoms with van der Waals surface area (Å²) >= 11 is 11.1. The molecule has 1 atom stereocenters. The minimum absolute atomic E-state index is 0.177. The summed E-state index contributed by atoms with van der Waals surface area (Å²) in [6, 6.07) is 0. The zero-order valence-electron chi connectivity index (χ0n) is 6.35. The molecule has 0 aromatic heterocycles. The van der Waals surface area contributed by atoms with E-state index in [2.05, 4.69) is 5.32 Å². The smallest absolute Gasteiger partial charge is 0.0967 e. The van der Waals surface area contributed by atoms with E-state index in [4.69, 9.17) is 33.4 Å². The highest BCUT2D eigenvalue weighted by atomic mass is 35.5. The molecule has 0 saturated heterocycles. The molecule has 0 spiro atoms. The average Bonchev–Trinajstić information content (AvgIpc) is 2.04. The molecule has 1 unspecified atom stereocenters. The van der Waals surface area contributed by atoms with Crippen molar-refractivity contribution in [1.82, 2.24) is 5.32 Å². The highest BCUT2D eigenvalue weighted by Crippen LogP contribution is 2.05. The summed E-state index contributed by atoms with van der Waals surface area (Å²) < 4.78 is 0. The minimum atomic E-state index is -0.749. The quantitative estimate of drug-likeness (QED) is 0.438. The van der Waals surface area contributed by atoms with Crippen molar-refractivity contribution in [2.45, 2.75) is 18.0 Å². The van der Waals surface area contributed by atoms with Crippen LogP contribution in [0.1, 0.15) is 6.92 Å². The number of alkyl halides is 2. The van der Waals surface area contributed by atoms with Gasteiger partial charge in [0.05, 0.1) is 30.1 Å². The molecule has 0 aromatic carbocycles. The van der Waals surface area contributed by atoms with Crippen molar-refractivity contribution >= 4 is 23.2 Å². The van der Waals surface area contributed by atoms with Gasteiger partial charge in [-0.1, -0.05) is 0 Å². The van der Waals surface area contributed by atoms with E-state index in [0.717, 1.165) is 0 Å². The summed E-state index contributed by atoms with van der Waals surface area (Å²) in [6.07, 6.45) is 0. The summed E-state index contributed by atoms with van der Waals surface area (Å²) in [5, 5.41) is 20.4. The molecule has 0 aliphatic rings. The maximum atomic E-state index is 8.81. The minimum Gasteiger partial charge on any atom is -0.394 e. The predicted octanol–water partition coefficient (Wildman–Crippen LogP) is 0.123. The molecular formula is C6H13Cl2NO2. The summed E-state index contributed by atoms with van der Waals surface area (Å²) in [6.45, 7) is 1.31. The standard InChI is InChI=1S/C6H13Cl2NO2/c1-6(3-10,4-11)9-5(8)2-7/h5,9-11H,2-4H2,1H3. The van der Waals surface area contributed by atoms with Crippen LogP contribution >= 0.6 is 23.2 Å². The molecule has 11 heavy (non-hydrogen) atoms. The van der Waals surface area contributed by atoms with Gasteiger partial charge in [0.25, 0.3) is 0 Å². The molecule has 0 radical (unpaired) electrons. The molecule has 0 rings (SSSR count). The monoisotopic (exact) mass is 201 g/mol. The molecule has 5 heteroatoms. The van der Waals surface area contributed by atoms with Gasteiger partial charge in [-0.2, -0.15) is 0 Å².